The molecule has 1 aromatic rings. The molecule has 0 saturated carbocycles. The summed E-state index contributed by atoms with van der Waals surface area (Å²) in [4.78, 5) is 13.5. The number of hydrogen-bond acceptors (Lipinski definition) is 2. The van der Waals surface area contributed by atoms with Crippen LogP contribution < -0.4 is 0 Å². The molecule has 0 heterocycles. The molecule has 16 heavy (non-hydrogen) atoms. The molecule has 1 rings (SSSR count). The van der Waals surface area contributed by atoms with Gasteiger partial charge in [0.1, 0.15) is 11.6 Å². The van der Waals surface area contributed by atoms with E-state index in [4.69, 9.17) is 0 Å². The molecule has 0 bridgehead atoms. The number of alkyl halides is 1. The quantitative estimate of drug-likeness (QED) is 0.868. The van der Waals surface area contributed by atoms with E-state index < -0.39 is 5.82 Å². The van der Waals surface area contributed by atoms with Gasteiger partial charge in [-0.05, 0) is 12.1 Å². The first kappa shape index (κ1) is 13.0. The molecule has 0 radical (unpaired) electrons. The highest BCUT2D eigenvalue weighted by Gasteiger charge is 2.17. The lowest BCUT2D eigenvalue weighted by molar-refractivity contribution is 0.0794. The molecule has 0 spiro atoms. The number of benzene rings is 1. The minimum Gasteiger partial charge on any atom is -0.507 e. The minimum atomic E-state index is -0.564. The van der Waals surface area contributed by atoms with Crippen molar-refractivity contribution in [3.63, 3.8) is 0 Å². The Morgan fingerprint density at radius 1 is 1.62 bits per heavy atom. The highest BCUT2D eigenvalue weighted by Crippen LogP contribution is 2.19. The minimum absolute atomic E-state index is 0.108. The van der Waals surface area contributed by atoms with Crippen molar-refractivity contribution in [3.05, 3.63) is 29.6 Å². The van der Waals surface area contributed by atoms with Crippen LogP contribution in [0.15, 0.2) is 18.2 Å². The molecule has 1 atom stereocenters. The lowest BCUT2D eigenvalue weighted by Crippen LogP contribution is -2.31. The third kappa shape index (κ3) is 3.20. The molecule has 0 aliphatic carbocycles. The maximum absolute atomic E-state index is 12.7. The molecule has 0 saturated heterocycles. The average Bonchev–Trinajstić information content (AvgIpc) is 2.15. The van der Waals surface area contributed by atoms with Crippen molar-refractivity contribution >= 4 is 21.8 Å². The van der Waals surface area contributed by atoms with E-state index in [0.717, 1.165) is 12.1 Å². The van der Waals surface area contributed by atoms with Crippen LogP contribution in [0.25, 0.3) is 0 Å². The molecule has 1 amide bonds. The van der Waals surface area contributed by atoms with Gasteiger partial charge in [-0.2, -0.15) is 0 Å². The van der Waals surface area contributed by atoms with Gasteiger partial charge in [-0.3, -0.25) is 4.79 Å². The first-order valence-corrected chi connectivity index (χ1v) is 5.71. The van der Waals surface area contributed by atoms with Gasteiger partial charge in [-0.1, -0.05) is 22.9 Å². The number of phenols is 1. The summed E-state index contributed by atoms with van der Waals surface area (Å²) < 4.78 is 12.7. The topological polar surface area (TPSA) is 40.5 Å². The van der Waals surface area contributed by atoms with Crippen molar-refractivity contribution in [1.29, 1.82) is 0 Å². The van der Waals surface area contributed by atoms with Gasteiger partial charge >= 0.3 is 0 Å². The molecule has 1 unspecified atom stereocenters. The van der Waals surface area contributed by atoms with Crippen LogP contribution in [0.4, 0.5) is 4.39 Å². The number of carbonyl (C=O) groups is 1. The summed E-state index contributed by atoms with van der Waals surface area (Å²) in [6.45, 7) is 2.42. The van der Waals surface area contributed by atoms with Crippen molar-refractivity contribution in [2.24, 2.45) is 0 Å². The van der Waals surface area contributed by atoms with Crippen LogP contribution in [0.1, 0.15) is 17.3 Å². The fraction of sp³-hybridized carbons (Fsp3) is 0.364. The number of nitrogens with zero attached hydrogens (tertiary/aromatic N) is 1. The van der Waals surface area contributed by atoms with Gasteiger partial charge in [-0.15, -0.1) is 0 Å². The second kappa shape index (κ2) is 5.30. The number of amides is 1. The summed E-state index contributed by atoms with van der Waals surface area (Å²) in [5.74, 6) is -1.23. The Labute approximate surface area is 102 Å². The molecule has 5 heteroatoms. The van der Waals surface area contributed by atoms with Crippen molar-refractivity contribution in [2.45, 2.75) is 11.8 Å². The van der Waals surface area contributed by atoms with Gasteiger partial charge < -0.3 is 10.0 Å². The third-order valence-corrected chi connectivity index (χ3v) is 2.35. The maximum atomic E-state index is 12.7. The zero-order valence-corrected chi connectivity index (χ0v) is 10.7. The number of carbonyl (C=O) groups excluding carboxylic acids is 1. The molecular formula is C11H13BrFNO2. The number of rotatable bonds is 3. The number of hydrogen-bond donors (Lipinski definition) is 1. The smallest absolute Gasteiger partial charge is 0.257 e. The number of phenolic OH excluding ortho intramolecular Hbond substituents is 1. The van der Waals surface area contributed by atoms with Crippen molar-refractivity contribution < 1.29 is 14.3 Å². The van der Waals surface area contributed by atoms with Gasteiger partial charge in [0.05, 0.1) is 5.56 Å². The van der Waals surface area contributed by atoms with Crippen LogP contribution >= 0.6 is 15.9 Å². The Morgan fingerprint density at radius 2 is 2.25 bits per heavy atom. The van der Waals surface area contributed by atoms with Crippen LogP contribution in [0, 0.1) is 5.82 Å². The summed E-state index contributed by atoms with van der Waals surface area (Å²) in [7, 11) is 1.63. The van der Waals surface area contributed by atoms with Crippen LogP contribution in [0.2, 0.25) is 0 Å². The predicted molar refractivity (Wildman–Crippen MR) is 63.4 cm³/mol. The van der Waals surface area contributed by atoms with E-state index in [1.807, 2.05) is 6.92 Å². The Kier molecular flexibility index (Phi) is 4.29. The van der Waals surface area contributed by atoms with E-state index >= 15 is 0 Å². The molecule has 0 aliphatic heterocycles. The number of aromatic hydroxyl groups is 1. The summed E-state index contributed by atoms with van der Waals surface area (Å²) in [5.41, 5.74) is 0.108. The monoisotopic (exact) mass is 289 g/mol. The second-order valence-electron chi connectivity index (χ2n) is 3.63. The average molecular weight is 290 g/mol. The van der Waals surface area contributed by atoms with Crippen LogP contribution in [-0.2, 0) is 0 Å². The van der Waals surface area contributed by atoms with Crippen LogP contribution in [0.3, 0.4) is 0 Å². The maximum Gasteiger partial charge on any atom is 0.257 e. The van der Waals surface area contributed by atoms with Crippen molar-refractivity contribution in [2.75, 3.05) is 13.6 Å². The Morgan fingerprint density at radius 3 is 2.75 bits per heavy atom. The normalized spacial score (nSPS) is 12.2. The highest BCUT2D eigenvalue weighted by atomic mass is 79.9. The fourth-order valence-electron chi connectivity index (χ4n) is 1.35. The molecule has 1 aromatic carbocycles. The van der Waals surface area contributed by atoms with Gasteiger partial charge in [-0.25, -0.2) is 4.39 Å². The molecule has 0 fully saturated rings. The first-order valence-electron chi connectivity index (χ1n) is 4.80. The van der Waals surface area contributed by atoms with Gasteiger partial charge in [0, 0.05) is 24.5 Å². The second-order valence-corrected chi connectivity index (χ2v) is 5.19. The van der Waals surface area contributed by atoms with Crippen LogP contribution in [0.5, 0.6) is 5.75 Å². The largest absolute Gasteiger partial charge is 0.507 e. The zero-order valence-electron chi connectivity index (χ0n) is 9.08. The Hall–Kier alpha value is -1.10. The van der Waals surface area contributed by atoms with E-state index in [9.17, 15) is 14.3 Å². The van der Waals surface area contributed by atoms with Crippen molar-refractivity contribution in [1.82, 2.24) is 4.90 Å². The predicted octanol–water partition coefficient (Wildman–Crippen LogP) is 2.39. The zero-order chi connectivity index (χ0) is 12.3. The van der Waals surface area contributed by atoms with E-state index in [2.05, 4.69) is 15.9 Å². The van der Waals surface area contributed by atoms with Crippen LogP contribution in [-0.4, -0.2) is 34.3 Å². The van der Waals surface area contributed by atoms with Gasteiger partial charge in [0.15, 0.2) is 0 Å². The fourth-order valence-corrected chi connectivity index (χ4v) is 1.79. The summed E-state index contributed by atoms with van der Waals surface area (Å²) >= 11 is 3.33. The third-order valence-electron chi connectivity index (χ3n) is 2.06. The summed E-state index contributed by atoms with van der Waals surface area (Å²) in [5, 5.41) is 9.45. The number of halogens is 2. The Bertz CT molecular complexity index is 396. The van der Waals surface area contributed by atoms with E-state index in [-0.39, 0.29) is 22.0 Å². The molecule has 3 nitrogen and oxygen atoms in total. The van der Waals surface area contributed by atoms with E-state index in [1.54, 1.807) is 7.05 Å². The lowest BCUT2D eigenvalue weighted by Gasteiger charge is -2.19. The lowest BCUT2D eigenvalue weighted by atomic mass is 10.1. The molecule has 0 aromatic heterocycles. The molecular weight excluding hydrogens is 277 g/mol. The summed E-state index contributed by atoms with van der Waals surface area (Å²) in [6, 6.07) is 3.36. The summed E-state index contributed by atoms with van der Waals surface area (Å²) in [6.07, 6.45) is 0. The van der Waals surface area contributed by atoms with Gasteiger partial charge in [0.2, 0.25) is 0 Å². The standard InChI is InChI=1S/C11H13BrFNO2/c1-7(12)6-14(2)11(16)9-4-3-8(13)5-10(9)15/h3-5,7,15H,6H2,1-2H3. The van der Waals surface area contributed by atoms with Crippen molar-refractivity contribution in [3.8, 4) is 5.75 Å². The molecule has 0 aliphatic rings. The van der Waals surface area contributed by atoms with E-state index in [0.29, 0.717) is 6.54 Å². The molecule has 1 N–H and O–H groups in total. The molecule has 88 valence electrons. The Balaban J connectivity index is 2.88. The highest BCUT2D eigenvalue weighted by molar-refractivity contribution is 9.09. The first-order chi connectivity index (χ1) is 7.41. The van der Waals surface area contributed by atoms with Gasteiger partial charge in [0.25, 0.3) is 5.91 Å². The van der Waals surface area contributed by atoms with E-state index in [1.165, 1.54) is 11.0 Å². The SMILES string of the molecule is CC(Br)CN(C)C(=O)c1ccc(F)cc1O.